The summed E-state index contributed by atoms with van der Waals surface area (Å²) in [6, 6.07) is 5.86. The normalized spacial score (nSPS) is 11.2. The molecule has 0 spiro atoms. The van der Waals surface area contributed by atoms with Crippen LogP contribution in [0.3, 0.4) is 0 Å². The van der Waals surface area contributed by atoms with Crippen LogP contribution in [0.15, 0.2) is 23.2 Å². The predicted molar refractivity (Wildman–Crippen MR) is 95.6 cm³/mol. The Morgan fingerprint density at radius 1 is 1.23 bits per heavy atom. The van der Waals surface area contributed by atoms with Gasteiger partial charge in [0.25, 0.3) is 0 Å². The topological polar surface area (TPSA) is 54.9 Å². The summed E-state index contributed by atoms with van der Waals surface area (Å²) in [6.45, 7) is 4.53. The predicted octanol–water partition coefficient (Wildman–Crippen LogP) is 2.16. The van der Waals surface area contributed by atoms with E-state index in [9.17, 15) is 0 Å². The van der Waals surface area contributed by atoms with Gasteiger partial charge in [0, 0.05) is 18.8 Å². The van der Waals surface area contributed by atoms with Crippen LogP contribution < -0.4 is 20.1 Å². The minimum atomic E-state index is 0.786. The Balaban J connectivity index is 2.58. The van der Waals surface area contributed by atoms with Crippen molar-refractivity contribution in [2.24, 2.45) is 4.99 Å². The van der Waals surface area contributed by atoms with Crippen LogP contribution in [0.1, 0.15) is 12.5 Å². The van der Waals surface area contributed by atoms with Crippen LogP contribution >= 0.6 is 11.8 Å². The maximum absolute atomic E-state index is 5.40. The molecule has 2 N–H and O–H groups in total. The van der Waals surface area contributed by atoms with Crippen molar-refractivity contribution in [2.45, 2.75) is 13.3 Å². The Labute approximate surface area is 137 Å². The molecule has 0 aliphatic rings. The van der Waals surface area contributed by atoms with E-state index < -0.39 is 0 Å². The number of guanidine groups is 1. The zero-order chi connectivity index (χ0) is 16.2. The van der Waals surface area contributed by atoms with Gasteiger partial charge in [-0.05, 0) is 43.4 Å². The van der Waals surface area contributed by atoms with Gasteiger partial charge in [0.2, 0.25) is 0 Å². The Morgan fingerprint density at radius 2 is 2.05 bits per heavy atom. The molecule has 0 amide bonds. The summed E-state index contributed by atoms with van der Waals surface area (Å²) < 4.78 is 10.7. The Morgan fingerprint density at radius 3 is 2.68 bits per heavy atom. The van der Waals surface area contributed by atoms with Crippen LogP contribution in [0.2, 0.25) is 0 Å². The molecule has 0 unspecified atom stereocenters. The smallest absolute Gasteiger partial charge is 0.191 e. The molecule has 0 heterocycles. The molecule has 0 aliphatic carbocycles. The fraction of sp³-hybridized carbons (Fsp3) is 0.562. The molecule has 0 saturated carbocycles. The van der Waals surface area contributed by atoms with E-state index in [2.05, 4.69) is 28.8 Å². The number of nitrogens with one attached hydrogen (secondary N) is 2. The summed E-state index contributed by atoms with van der Waals surface area (Å²) in [5.41, 5.74) is 1.12. The van der Waals surface area contributed by atoms with Crippen molar-refractivity contribution in [3.8, 4) is 11.5 Å². The van der Waals surface area contributed by atoms with Crippen LogP contribution in [-0.2, 0) is 6.42 Å². The van der Waals surface area contributed by atoms with Crippen molar-refractivity contribution in [3.63, 3.8) is 0 Å². The largest absolute Gasteiger partial charge is 0.497 e. The Kier molecular flexibility index (Phi) is 9.30. The van der Waals surface area contributed by atoms with Crippen LogP contribution in [0.5, 0.6) is 11.5 Å². The molecule has 1 aromatic rings. The highest BCUT2D eigenvalue weighted by molar-refractivity contribution is 7.98. The van der Waals surface area contributed by atoms with E-state index >= 15 is 0 Å². The quantitative estimate of drug-likeness (QED) is 0.414. The van der Waals surface area contributed by atoms with Crippen molar-refractivity contribution < 1.29 is 9.47 Å². The van der Waals surface area contributed by atoms with Gasteiger partial charge in [-0.2, -0.15) is 11.8 Å². The lowest BCUT2D eigenvalue weighted by Crippen LogP contribution is -2.38. The number of rotatable bonds is 9. The van der Waals surface area contributed by atoms with Gasteiger partial charge in [0.05, 0.1) is 20.8 Å². The molecule has 5 nitrogen and oxygen atoms in total. The van der Waals surface area contributed by atoms with Gasteiger partial charge in [-0.25, -0.2) is 0 Å². The number of ether oxygens (including phenoxy) is 2. The highest BCUT2D eigenvalue weighted by Crippen LogP contribution is 2.24. The van der Waals surface area contributed by atoms with Crippen molar-refractivity contribution in [2.75, 3.05) is 45.9 Å². The van der Waals surface area contributed by atoms with Gasteiger partial charge in [0.15, 0.2) is 5.96 Å². The number of nitrogens with zero attached hydrogens (tertiary/aromatic N) is 1. The van der Waals surface area contributed by atoms with Gasteiger partial charge in [-0.1, -0.05) is 0 Å². The summed E-state index contributed by atoms with van der Waals surface area (Å²) in [5, 5.41) is 6.60. The first-order chi connectivity index (χ1) is 10.7. The number of methoxy groups -OCH3 is 2. The van der Waals surface area contributed by atoms with E-state index in [1.54, 1.807) is 26.0 Å². The SMILES string of the molecule is CCNC(=NCCSC)NCCc1cc(OC)ccc1OC. The van der Waals surface area contributed by atoms with Crippen molar-refractivity contribution >= 4 is 17.7 Å². The number of hydrogen-bond acceptors (Lipinski definition) is 4. The maximum atomic E-state index is 5.40. The molecule has 124 valence electrons. The average Bonchev–Trinajstić information content (AvgIpc) is 2.55. The fourth-order valence-corrected chi connectivity index (χ4v) is 2.26. The van der Waals surface area contributed by atoms with E-state index in [4.69, 9.17) is 9.47 Å². The zero-order valence-electron chi connectivity index (χ0n) is 13.9. The molecule has 0 aromatic heterocycles. The summed E-state index contributed by atoms with van der Waals surface area (Å²) >= 11 is 1.80. The maximum Gasteiger partial charge on any atom is 0.191 e. The Hall–Kier alpha value is -1.56. The summed E-state index contributed by atoms with van der Waals surface area (Å²) in [7, 11) is 3.36. The standard InChI is InChI=1S/C16H27N3O2S/c1-5-17-16(19-10-11-22-4)18-9-8-13-12-14(20-2)6-7-15(13)21-3/h6-7,12H,5,8-11H2,1-4H3,(H2,17,18,19). The summed E-state index contributed by atoms with van der Waals surface area (Å²) in [4.78, 5) is 4.53. The van der Waals surface area contributed by atoms with Gasteiger partial charge in [-0.3, -0.25) is 4.99 Å². The molecule has 6 heteroatoms. The molecule has 0 saturated heterocycles. The minimum absolute atomic E-state index is 0.786. The van der Waals surface area contributed by atoms with Crippen molar-refractivity contribution in [1.29, 1.82) is 0 Å². The number of aliphatic imine (C=N–C) groups is 1. The third-order valence-corrected chi connectivity index (χ3v) is 3.67. The number of hydrogen-bond donors (Lipinski definition) is 2. The highest BCUT2D eigenvalue weighted by atomic mass is 32.2. The van der Waals surface area contributed by atoms with Gasteiger partial charge >= 0.3 is 0 Å². The minimum Gasteiger partial charge on any atom is -0.497 e. The van der Waals surface area contributed by atoms with Crippen LogP contribution in [-0.4, -0.2) is 51.8 Å². The van der Waals surface area contributed by atoms with E-state index in [0.29, 0.717) is 0 Å². The van der Waals surface area contributed by atoms with Crippen molar-refractivity contribution in [1.82, 2.24) is 10.6 Å². The number of benzene rings is 1. The number of thioether (sulfide) groups is 1. The summed E-state index contributed by atoms with van der Waals surface area (Å²) in [6.07, 6.45) is 2.93. The van der Waals surface area contributed by atoms with E-state index in [1.165, 1.54) is 0 Å². The molecule has 1 rings (SSSR count). The first-order valence-corrected chi connectivity index (χ1v) is 8.86. The van der Waals surface area contributed by atoms with E-state index in [-0.39, 0.29) is 0 Å². The molecule has 0 atom stereocenters. The highest BCUT2D eigenvalue weighted by Gasteiger charge is 2.05. The average molecular weight is 325 g/mol. The molecule has 0 radical (unpaired) electrons. The lowest BCUT2D eigenvalue weighted by atomic mass is 10.1. The molecule has 0 bridgehead atoms. The Bertz CT molecular complexity index is 467. The van der Waals surface area contributed by atoms with Crippen LogP contribution in [0.4, 0.5) is 0 Å². The van der Waals surface area contributed by atoms with Gasteiger partial charge in [-0.15, -0.1) is 0 Å². The van der Waals surface area contributed by atoms with Crippen molar-refractivity contribution in [3.05, 3.63) is 23.8 Å². The fourth-order valence-electron chi connectivity index (χ4n) is 1.98. The third-order valence-electron chi connectivity index (χ3n) is 3.08. The molecule has 1 aromatic carbocycles. The van der Waals surface area contributed by atoms with Crippen LogP contribution in [0.25, 0.3) is 0 Å². The molecule has 0 aliphatic heterocycles. The van der Waals surface area contributed by atoms with E-state index in [0.717, 1.165) is 54.8 Å². The second kappa shape index (κ2) is 11.1. The second-order valence-corrected chi connectivity index (χ2v) is 5.59. The molecular weight excluding hydrogens is 298 g/mol. The second-order valence-electron chi connectivity index (χ2n) is 4.61. The monoisotopic (exact) mass is 325 g/mol. The van der Waals surface area contributed by atoms with Gasteiger partial charge in [0.1, 0.15) is 11.5 Å². The summed E-state index contributed by atoms with van der Waals surface area (Å²) in [5.74, 6) is 3.61. The lowest BCUT2D eigenvalue weighted by Gasteiger charge is -2.13. The first-order valence-electron chi connectivity index (χ1n) is 7.47. The first kappa shape index (κ1) is 18.5. The van der Waals surface area contributed by atoms with E-state index in [1.807, 2.05) is 18.2 Å². The third kappa shape index (κ3) is 6.47. The lowest BCUT2D eigenvalue weighted by molar-refractivity contribution is 0.398. The zero-order valence-corrected chi connectivity index (χ0v) is 14.8. The molecule has 0 fully saturated rings. The van der Waals surface area contributed by atoms with Crippen LogP contribution in [0, 0.1) is 0 Å². The van der Waals surface area contributed by atoms with Gasteiger partial charge < -0.3 is 20.1 Å². The molecular formula is C16H27N3O2S. The molecule has 22 heavy (non-hydrogen) atoms.